The molecule has 2 heterocycles. The highest BCUT2D eigenvalue weighted by Crippen LogP contribution is 2.11. The van der Waals surface area contributed by atoms with Gasteiger partial charge < -0.3 is 24.8 Å². The van der Waals surface area contributed by atoms with Crippen molar-refractivity contribution in [1.82, 2.24) is 25.1 Å². The number of halogens is 1. The Labute approximate surface area is 195 Å². The van der Waals surface area contributed by atoms with Crippen LogP contribution in [-0.2, 0) is 17.8 Å². The van der Waals surface area contributed by atoms with Gasteiger partial charge in [0.15, 0.2) is 5.96 Å². The molecule has 1 aromatic carbocycles. The number of aromatic nitrogens is 2. The van der Waals surface area contributed by atoms with E-state index in [2.05, 4.69) is 37.3 Å². The molecule has 0 atom stereocenters. The largest absolute Gasteiger partial charge is 0.450 e. The third kappa shape index (κ3) is 6.89. The number of ether oxygens (including phenoxy) is 1. The van der Waals surface area contributed by atoms with Crippen molar-refractivity contribution in [3.8, 4) is 0 Å². The summed E-state index contributed by atoms with van der Waals surface area (Å²) in [6.45, 7) is 4.99. The van der Waals surface area contributed by atoms with Gasteiger partial charge in [0, 0.05) is 45.1 Å². The van der Waals surface area contributed by atoms with Crippen molar-refractivity contribution < 1.29 is 9.53 Å². The number of aliphatic imine (C=N–C) groups is 1. The van der Waals surface area contributed by atoms with E-state index in [9.17, 15) is 4.79 Å². The fraction of sp³-hybridized carbons (Fsp3) is 0.476. The summed E-state index contributed by atoms with van der Waals surface area (Å²) in [6.07, 6.45) is 5.32. The van der Waals surface area contributed by atoms with Crippen molar-refractivity contribution in [2.75, 3.05) is 26.7 Å². The summed E-state index contributed by atoms with van der Waals surface area (Å²) in [5.74, 6) is 1.70. The van der Waals surface area contributed by atoms with Gasteiger partial charge in [-0.3, -0.25) is 4.99 Å². The van der Waals surface area contributed by atoms with Gasteiger partial charge >= 0.3 is 6.09 Å². The second-order valence-corrected chi connectivity index (χ2v) is 6.99. The van der Waals surface area contributed by atoms with Crippen molar-refractivity contribution in [1.29, 1.82) is 0 Å². The number of likely N-dealkylation sites (tertiary alicyclic amines) is 1. The molecule has 164 valence electrons. The molecular weight excluding hydrogens is 495 g/mol. The van der Waals surface area contributed by atoms with Crippen LogP contribution in [0.5, 0.6) is 0 Å². The number of amides is 1. The zero-order chi connectivity index (χ0) is 20.5. The second-order valence-electron chi connectivity index (χ2n) is 6.99. The first-order valence-electron chi connectivity index (χ1n) is 10.1. The van der Waals surface area contributed by atoms with Gasteiger partial charge in [-0.1, -0.05) is 30.3 Å². The summed E-state index contributed by atoms with van der Waals surface area (Å²) in [6, 6.07) is 10.6. The third-order valence-corrected chi connectivity index (χ3v) is 5.00. The maximum absolute atomic E-state index is 11.8. The van der Waals surface area contributed by atoms with Crippen LogP contribution in [0.3, 0.4) is 0 Å². The molecule has 9 heteroatoms. The summed E-state index contributed by atoms with van der Waals surface area (Å²) in [7, 11) is 1.76. The fourth-order valence-electron chi connectivity index (χ4n) is 3.40. The summed E-state index contributed by atoms with van der Waals surface area (Å²) >= 11 is 0. The van der Waals surface area contributed by atoms with Gasteiger partial charge in [-0.2, -0.15) is 0 Å². The van der Waals surface area contributed by atoms with Gasteiger partial charge in [0.2, 0.25) is 0 Å². The number of hydrogen-bond acceptors (Lipinski definition) is 4. The molecule has 3 rings (SSSR count). The van der Waals surface area contributed by atoms with Gasteiger partial charge in [0.1, 0.15) is 5.82 Å². The van der Waals surface area contributed by atoms with Gasteiger partial charge in [0.25, 0.3) is 0 Å². The van der Waals surface area contributed by atoms with E-state index in [1.807, 2.05) is 37.5 Å². The van der Waals surface area contributed by atoms with E-state index in [1.165, 1.54) is 5.56 Å². The average molecular weight is 526 g/mol. The number of guanidine groups is 1. The molecule has 30 heavy (non-hydrogen) atoms. The van der Waals surface area contributed by atoms with Crippen molar-refractivity contribution >= 4 is 36.0 Å². The molecule has 0 unspecified atom stereocenters. The first-order chi connectivity index (χ1) is 14.2. The van der Waals surface area contributed by atoms with Crippen LogP contribution in [0.15, 0.2) is 47.7 Å². The summed E-state index contributed by atoms with van der Waals surface area (Å²) in [4.78, 5) is 22.4. The Morgan fingerprint density at radius 3 is 2.67 bits per heavy atom. The van der Waals surface area contributed by atoms with Crippen molar-refractivity contribution in [3.63, 3.8) is 0 Å². The molecule has 0 spiro atoms. The maximum Gasteiger partial charge on any atom is 0.409 e. The molecule has 1 fully saturated rings. The molecule has 1 aliphatic rings. The lowest BCUT2D eigenvalue weighted by Gasteiger charge is -2.32. The number of nitrogens with zero attached hydrogens (tertiary/aromatic N) is 4. The van der Waals surface area contributed by atoms with Crippen LogP contribution in [0.25, 0.3) is 0 Å². The highest BCUT2D eigenvalue weighted by molar-refractivity contribution is 14.0. The SMILES string of the molecule is CCOC(=O)N1CCC(NC(=NC)NCc2nccn2Cc2ccccc2)CC1.I. The average Bonchev–Trinajstić information content (AvgIpc) is 3.19. The Hall–Kier alpha value is -2.30. The number of piperidine rings is 1. The molecular formula is C21H31IN6O2. The minimum Gasteiger partial charge on any atom is -0.450 e. The summed E-state index contributed by atoms with van der Waals surface area (Å²) < 4.78 is 7.21. The number of benzene rings is 1. The lowest BCUT2D eigenvalue weighted by molar-refractivity contribution is 0.0963. The molecule has 8 nitrogen and oxygen atoms in total. The zero-order valence-electron chi connectivity index (χ0n) is 17.6. The number of carbonyl (C=O) groups is 1. The third-order valence-electron chi connectivity index (χ3n) is 5.00. The maximum atomic E-state index is 11.8. The summed E-state index contributed by atoms with van der Waals surface area (Å²) in [5.41, 5.74) is 1.24. The predicted octanol–water partition coefficient (Wildman–Crippen LogP) is 2.84. The van der Waals surface area contributed by atoms with Crippen LogP contribution in [0.2, 0.25) is 0 Å². The van der Waals surface area contributed by atoms with E-state index in [0.29, 0.717) is 26.2 Å². The number of rotatable bonds is 6. The number of hydrogen-bond donors (Lipinski definition) is 2. The highest BCUT2D eigenvalue weighted by Gasteiger charge is 2.24. The van der Waals surface area contributed by atoms with Crippen LogP contribution in [-0.4, -0.2) is 59.3 Å². The van der Waals surface area contributed by atoms with E-state index in [-0.39, 0.29) is 36.1 Å². The first kappa shape index (κ1) is 24.0. The number of nitrogens with one attached hydrogen (secondary N) is 2. The van der Waals surface area contributed by atoms with Gasteiger partial charge in [-0.05, 0) is 25.3 Å². The topological polar surface area (TPSA) is 83.8 Å². The van der Waals surface area contributed by atoms with E-state index in [1.54, 1.807) is 11.9 Å². The predicted molar refractivity (Wildman–Crippen MR) is 128 cm³/mol. The smallest absolute Gasteiger partial charge is 0.409 e. The molecule has 0 radical (unpaired) electrons. The Bertz CT molecular complexity index is 803. The molecule has 1 aliphatic heterocycles. The molecule has 1 amide bonds. The molecule has 0 saturated carbocycles. The Morgan fingerprint density at radius 2 is 2.00 bits per heavy atom. The summed E-state index contributed by atoms with van der Waals surface area (Å²) in [5, 5.41) is 6.80. The number of carbonyl (C=O) groups excluding carboxylic acids is 1. The second kappa shape index (κ2) is 12.4. The van der Waals surface area contributed by atoms with Crippen molar-refractivity contribution in [2.24, 2.45) is 4.99 Å². The van der Waals surface area contributed by atoms with E-state index < -0.39 is 0 Å². The van der Waals surface area contributed by atoms with E-state index in [0.717, 1.165) is 31.2 Å². The van der Waals surface area contributed by atoms with Crippen molar-refractivity contribution in [3.05, 3.63) is 54.1 Å². The molecule has 2 aromatic rings. The minimum absolute atomic E-state index is 0. The van der Waals surface area contributed by atoms with Gasteiger partial charge in [-0.25, -0.2) is 9.78 Å². The Morgan fingerprint density at radius 1 is 1.27 bits per heavy atom. The molecule has 0 bridgehead atoms. The Kier molecular flexibility index (Phi) is 9.92. The van der Waals surface area contributed by atoms with Crippen LogP contribution in [0.1, 0.15) is 31.2 Å². The normalized spacial score (nSPS) is 14.7. The van der Waals surface area contributed by atoms with Gasteiger partial charge in [-0.15, -0.1) is 24.0 Å². The lowest BCUT2D eigenvalue weighted by atomic mass is 10.1. The minimum atomic E-state index is -0.223. The van der Waals surface area contributed by atoms with Crippen molar-refractivity contribution in [2.45, 2.75) is 38.9 Å². The lowest BCUT2D eigenvalue weighted by Crippen LogP contribution is -2.49. The van der Waals surface area contributed by atoms with Crippen LogP contribution < -0.4 is 10.6 Å². The van der Waals surface area contributed by atoms with Crippen LogP contribution in [0, 0.1) is 0 Å². The molecule has 2 N–H and O–H groups in total. The highest BCUT2D eigenvalue weighted by atomic mass is 127. The first-order valence-corrected chi connectivity index (χ1v) is 10.1. The Balaban J connectivity index is 0.00000320. The molecule has 1 saturated heterocycles. The molecule has 1 aromatic heterocycles. The quantitative estimate of drug-likeness (QED) is 0.344. The van der Waals surface area contributed by atoms with E-state index in [4.69, 9.17) is 4.74 Å². The van der Waals surface area contributed by atoms with Gasteiger partial charge in [0.05, 0.1) is 13.2 Å². The number of imidazole rings is 1. The fourth-order valence-corrected chi connectivity index (χ4v) is 3.40. The van der Waals surface area contributed by atoms with Crippen LogP contribution >= 0.6 is 24.0 Å². The monoisotopic (exact) mass is 526 g/mol. The van der Waals surface area contributed by atoms with E-state index >= 15 is 0 Å². The molecule has 0 aliphatic carbocycles. The zero-order valence-corrected chi connectivity index (χ0v) is 19.9. The standard InChI is InChI=1S/C21H30N6O2.HI/c1-3-29-21(28)26-12-9-18(10-13-26)25-20(22-2)24-15-19-23-11-14-27(19)16-17-7-5-4-6-8-17;/h4-8,11,14,18H,3,9-10,12-13,15-16H2,1-2H3,(H2,22,24,25);1H. The van der Waals surface area contributed by atoms with Crippen LogP contribution in [0.4, 0.5) is 4.79 Å².